The first kappa shape index (κ1) is 17.4. The van der Waals surface area contributed by atoms with Crippen LogP contribution in [-0.4, -0.2) is 0 Å². The Kier molecular flexibility index (Phi) is 5.98. The number of hydrogen-bond donors (Lipinski definition) is 0. The lowest BCUT2D eigenvalue weighted by Gasteiger charge is -2.28. The molecular weight excluding hydrogens is 300 g/mol. The lowest BCUT2D eigenvalue weighted by molar-refractivity contribution is 0.319. The third-order valence-electron chi connectivity index (χ3n) is 5.31. The van der Waals surface area contributed by atoms with E-state index in [-0.39, 0.29) is 0 Å². The normalized spacial score (nSPS) is 19.3. The highest BCUT2D eigenvalue weighted by Gasteiger charge is 2.20. The van der Waals surface area contributed by atoms with Crippen LogP contribution in [0.2, 0.25) is 0 Å². The maximum Gasteiger partial charge on any atom is 0.0249 e. The first-order chi connectivity index (χ1) is 12.3. The summed E-state index contributed by atoms with van der Waals surface area (Å²) in [5.74, 6) is 14.2. The second-order valence-corrected chi connectivity index (χ2v) is 6.95. The van der Waals surface area contributed by atoms with Gasteiger partial charge in [-0.05, 0) is 86.4 Å². The summed E-state index contributed by atoms with van der Waals surface area (Å²) in [5, 5.41) is 0. The zero-order valence-corrected chi connectivity index (χ0v) is 15.3. The fourth-order valence-corrected chi connectivity index (χ4v) is 3.67. The Morgan fingerprint density at radius 3 is 1.68 bits per heavy atom. The molecule has 2 aromatic rings. The van der Waals surface area contributed by atoms with Crippen LogP contribution < -0.4 is 0 Å². The molecule has 1 saturated carbocycles. The number of benzene rings is 2. The van der Waals surface area contributed by atoms with Gasteiger partial charge in [-0.3, -0.25) is 0 Å². The van der Waals surface area contributed by atoms with Crippen LogP contribution in [0.1, 0.15) is 74.1 Å². The molecule has 0 amide bonds. The molecule has 0 radical (unpaired) electrons. The molecule has 3 rings (SSSR count). The van der Waals surface area contributed by atoms with Gasteiger partial charge in [-0.1, -0.05) is 43.2 Å². The Bertz CT molecular complexity index is 793. The van der Waals surface area contributed by atoms with Crippen molar-refractivity contribution in [3.05, 3.63) is 70.8 Å². The van der Waals surface area contributed by atoms with E-state index in [1.807, 2.05) is 31.2 Å². The van der Waals surface area contributed by atoms with Crippen molar-refractivity contribution in [2.45, 2.75) is 51.9 Å². The Morgan fingerprint density at radius 1 is 0.720 bits per heavy atom. The standard InChI is InChI=1S/C25H26/c1-3-5-21-6-8-22(9-7-21)10-11-23-14-18-25(19-15-23)24-16-12-20(4-2)13-17-24/h6-9,14-15,18-20,24H,4,12-13,16-17H2,1-2H3. The van der Waals surface area contributed by atoms with Crippen LogP contribution in [0.15, 0.2) is 48.5 Å². The summed E-state index contributed by atoms with van der Waals surface area (Å²) in [4.78, 5) is 0. The predicted molar refractivity (Wildman–Crippen MR) is 106 cm³/mol. The molecule has 25 heavy (non-hydrogen) atoms. The molecule has 0 spiro atoms. The Labute approximate surface area is 152 Å². The fourth-order valence-electron chi connectivity index (χ4n) is 3.67. The summed E-state index contributed by atoms with van der Waals surface area (Å²) in [7, 11) is 0. The average Bonchev–Trinajstić information content (AvgIpc) is 2.68. The average molecular weight is 326 g/mol. The smallest absolute Gasteiger partial charge is 0.0249 e. The van der Waals surface area contributed by atoms with E-state index in [4.69, 9.17) is 0 Å². The van der Waals surface area contributed by atoms with Gasteiger partial charge in [0.15, 0.2) is 0 Å². The predicted octanol–water partition coefficient (Wildman–Crippen LogP) is 6.14. The molecule has 1 aliphatic carbocycles. The van der Waals surface area contributed by atoms with E-state index < -0.39 is 0 Å². The first-order valence-electron chi connectivity index (χ1n) is 9.43. The van der Waals surface area contributed by atoms with Gasteiger partial charge in [-0.25, -0.2) is 0 Å². The fraction of sp³-hybridized carbons (Fsp3) is 0.360. The van der Waals surface area contributed by atoms with Gasteiger partial charge in [0, 0.05) is 16.7 Å². The molecule has 126 valence electrons. The van der Waals surface area contributed by atoms with Gasteiger partial charge in [0.05, 0.1) is 0 Å². The molecule has 0 N–H and O–H groups in total. The molecule has 0 aliphatic heterocycles. The summed E-state index contributed by atoms with van der Waals surface area (Å²) in [6.07, 6.45) is 6.81. The highest BCUT2D eigenvalue weighted by atomic mass is 14.3. The SMILES string of the molecule is CC#Cc1ccc(C#Cc2ccc(C3CCC(CC)CC3)cc2)cc1. The molecule has 0 bridgehead atoms. The van der Waals surface area contributed by atoms with Crippen molar-refractivity contribution in [2.24, 2.45) is 5.92 Å². The third-order valence-corrected chi connectivity index (χ3v) is 5.31. The number of rotatable bonds is 2. The minimum atomic E-state index is 0.747. The molecule has 0 aromatic heterocycles. The Hall–Kier alpha value is -2.44. The van der Waals surface area contributed by atoms with Crippen LogP contribution in [0.25, 0.3) is 0 Å². The first-order valence-corrected chi connectivity index (χ1v) is 9.43. The minimum absolute atomic E-state index is 0.747. The van der Waals surface area contributed by atoms with Crippen LogP contribution in [0.4, 0.5) is 0 Å². The maximum absolute atomic E-state index is 3.27. The van der Waals surface area contributed by atoms with Gasteiger partial charge < -0.3 is 0 Å². The zero-order valence-electron chi connectivity index (χ0n) is 15.3. The monoisotopic (exact) mass is 326 g/mol. The molecule has 0 heterocycles. The van der Waals surface area contributed by atoms with E-state index >= 15 is 0 Å². The minimum Gasteiger partial charge on any atom is -0.101 e. The van der Waals surface area contributed by atoms with Gasteiger partial charge in [0.1, 0.15) is 0 Å². The van der Waals surface area contributed by atoms with Crippen LogP contribution in [0.3, 0.4) is 0 Å². The largest absolute Gasteiger partial charge is 0.101 e. The van der Waals surface area contributed by atoms with Gasteiger partial charge in [-0.15, -0.1) is 5.92 Å². The highest BCUT2D eigenvalue weighted by molar-refractivity contribution is 5.46. The van der Waals surface area contributed by atoms with E-state index in [2.05, 4.69) is 54.9 Å². The summed E-state index contributed by atoms with van der Waals surface area (Å²) < 4.78 is 0. The summed E-state index contributed by atoms with van der Waals surface area (Å²) in [5.41, 5.74) is 4.64. The molecule has 0 unspecified atom stereocenters. The van der Waals surface area contributed by atoms with Crippen molar-refractivity contribution >= 4 is 0 Å². The number of hydrogen-bond acceptors (Lipinski definition) is 0. The molecule has 0 saturated heterocycles. The van der Waals surface area contributed by atoms with E-state index in [1.54, 1.807) is 0 Å². The van der Waals surface area contributed by atoms with Crippen molar-refractivity contribution in [1.29, 1.82) is 0 Å². The van der Waals surface area contributed by atoms with Gasteiger partial charge in [-0.2, -0.15) is 0 Å². The van der Waals surface area contributed by atoms with E-state index in [0.29, 0.717) is 0 Å². The summed E-state index contributed by atoms with van der Waals surface area (Å²) >= 11 is 0. The molecular formula is C25H26. The van der Waals surface area contributed by atoms with E-state index in [0.717, 1.165) is 28.5 Å². The Morgan fingerprint density at radius 2 is 1.20 bits per heavy atom. The van der Waals surface area contributed by atoms with Crippen LogP contribution in [-0.2, 0) is 0 Å². The molecule has 1 fully saturated rings. The molecule has 0 heteroatoms. The molecule has 2 aromatic carbocycles. The van der Waals surface area contributed by atoms with Crippen molar-refractivity contribution < 1.29 is 0 Å². The molecule has 1 aliphatic rings. The van der Waals surface area contributed by atoms with Crippen LogP contribution >= 0.6 is 0 Å². The quantitative estimate of drug-likeness (QED) is 0.581. The van der Waals surface area contributed by atoms with E-state index in [9.17, 15) is 0 Å². The molecule has 0 nitrogen and oxygen atoms in total. The highest BCUT2D eigenvalue weighted by Crippen LogP contribution is 2.36. The summed E-state index contributed by atoms with van der Waals surface area (Å²) in [6, 6.07) is 17.0. The molecule has 0 atom stereocenters. The van der Waals surface area contributed by atoms with Crippen molar-refractivity contribution in [2.75, 3.05) is 0 Å². The maximum atomic E-state index is 3.27. The lowest BCUT2D eigenvalue weighted by atomic mass is 9.78. The van der Waals surface area contributed by atoms with Gasteiger partial charge >= 0.3 is 0 Å². The zero-order chi connectivity index (χ0) is 17.5. The van der Waals surface area contributed by atoms with Gasteiger partial charge in [0.25, 0.3) is 0 Å². The van der Waals surface area contributed by atoms with Crippen LogP contribution in [0, 0.1) is 29.6 Å². The van der Waals surface area contributed by atoms with E-state index in [1.165, 1.54) is 37.7 Å². The lowest BCUT2D eigenvalue weighted by Crippen LogP contribution is -2.12. The Balaban J connectivity index is 1.64. The van der Waals surface area contributed by atoms with Gasteiger partial charge in [0.2, 0.25) is 0 Å². The van der Waals surface area contributed by atoms with Crippen molar-refractivity contribution in [3.63, 3.8) is 0 Å². The third kappa shape index (κ3) is 4.78. The summed E-state index contributed by atoms with van der Waals surface area (Å²) in [6.45, 7) is 4.18. The van der Waals surface area contributed by atoms with Crippen molar-refractivity contribution in [1.82, 2.24) is 0 Å². The van der Waals surface area contributed by atoms with Crippen LogP contribution in [0.5, 0.6) is 0 Å². The second-order valence-electron chi connectivity index (χ2n) is 6.95. The second kappa shape index (κ2) is 8.60. The topological polar surface area (TPSA) is 0 Å². The van der Waals surface area contributed by atoms with Crippen molar-refractivity contribution in [3.8, 4) is 23.7 Å².